The molecule has 1 saturated carbocycles. The van der Waals surface area contributed by atoms with Crippen LogP contribution in [0.15, 0.2) is 0 Å². The lowest BCUT2D eigenvalue weighted by Gasteiger charge is -2.37. The van der Waals surface area contributed by atoms with Gasteiger partial charge in [-0.25, -0.2) is 0 Å². The molecule has 0 saturated heterocycles. The lowest BCUT2D eigenvalue weighted by atomic mass is 9.69. The fourth-order valence-corrected chi connectivity index (χ4v) is 2.09. The van der Waals surface area contributed by atoms with Crippen LogP contribution in [0.25, 0.3) is 0 Å². The normalized spacial score (nSPS) is 18.5. The molecule has 1 unspecified atom stereocenters. The molecule has 94 valence electrons. The van der Waals surface area contributed by atoms with Crippen LogP contribution in [-0.2, 0) is 9.59 Å². The maximum atomic E-state index is 12.1. The summed E-state index contributed by atoms with van der Waals surface area (Å²) in [6, 6.07) is 2.12. The number of nitriles is 1. The summed E-state index contributed by atoms with van der Waals surface area (Å²) in [5, 5.41) is 11.6. The predicted octanol–water partition coefficient (Wildman–Crippen LogP) is 0.521. The van der Waals surface area contributed by atoms with Crippen LogP contribution in [0, 0.1) is 22.7 Å². The predicted molar refractivity (Wildman–Crippen MR) is 62.8 cm³/mol. The topological polar surface area (TPSA) is 73.2 Å². The van der Waals surface area contributed by atoms with Crippen LogP contribution in [0.3, 0.4) is 0 Å². The van der Waals surface area contributed by atoms with Crippen LogP contribution in [0.5, 0.6) is 0 Å². The Hall–Kier alpha value is -1.57. The molecule has 1 fully saturated rings. The largest absolute Gasteiger partial charge is 0.359 e. The zero-order chi connectivity index (χ0) is 13.1. The number of rotatable bonds is 4. The van der Waals surface area contributed by atoms with Gasteiger partial charge in [-0.1, -0.05) is 6.92 Å². The standard InChI is InChI=1S/C12H19N3O2/c1-9(10(16)14-2)7-15(3)11(17)12(8-13)5-4-6-12/h9H,4-7H2,1-3H3,(H,14,16). The second-order valence-corrected chi connectivity index (χ2v) is 4.75. The maximum absolute atomic E-state index is 12.1. The molecule has 5 nitrogen and oxygen atoms in total. The van der Waals surface area contributed by atoms with Gasteiger partial charge in [-0.15, -0.1) is 0 Å². The molecule has 0 heterocycles. The summed E-state index contributed by atoms with van der Waals surface area (Å²) in [7, 11) is 3.22. The van der Waals surface area contributed by atoms with Crippen LogP contribution in [0.4, 0.5) is 0 Å². The van der Waals surface area contributed by atoms with E-state index in [1.807, 2.05) is 0 Å². The minimum Gasteiger partial charge on any atom is -0.359 e. The molecule has 0 aromatic carbocycles. The van der Waals surface area contributed by atoms with E-state index < -0.39 is 5.41 Å². The van der Waals surface area contributed by atoms with Crippen molar-refractivity contribution in [2.75, 3.05) is 20.6 Å². The SMILES string of the molecule is CNC(=O)C(C)CN(C)C(=O)C1(C#N)CCC1. The van der Waals surface area contributed by atoms with Gasteiger partial charge in [0.2, 0.25) is 11.8 Å². The monoisotopic (exact) mass is 237 g/mol. The fourth-order valence-electron chi connectivity index (χ4n) is 2.09. The molecule has 0 radical (unpaired) electrons. The Kier molecular flexibility index (Phi) is 4.11. The first kappa shape index (κ1) is 13.5. The van der Waals surface area contributed by atoms with Crippen LogP contribution < -0.4 is 5.32 Å². The molecule has 0 bridgehead atoms. The maximum Gasteiger partial charge on any atom is 0.242 e. The third kappa shape index (κ3) is 2.57. The van der Waals surface area contributed by atoms with Crippen molar-refractivity contribution in [3.63, 3.8) is 0 Å². The zero-order valence-corrected chi connectivity index (χ0v) is 10.6. The van der Waals surface area contributed by atoms with Gasteiger partial charge in [-0.05, 0) is 19.3 Å². The van der Waals surface area contributed by atoms with Crippen molar-refractivity contribution < 1.29 is 9.59 Å². The Morgan fingerprint density at radius 3 is 2.47 bits per heavy atom. The summed E-state index contributed by atoms with van der Waals surface area (Å²) >= 11 is 0. The fraction of sp³-hybridized carbons (Fsp3) is 0.750. The summed E-state index contributed by atoms with van der Waals surface area (Å²) in [5.74, 6) is -0.504. The first-order chi connectivity index (χ1) is 7.96. The Morgan fingerprint density at radius 2 is 2.12 bits per heavy atom. The number of hydrogen-bond donors (Lipinski definition) is 1. The number of nitrogens with zero attached hydrogens (tertiary/aromatic N) is 2. The van der Waals surface area contributed by atoms with Crippen molar-refractivity contribution in [3.8, 4) is 6.07 Å². The molecule has 1 atom stereocenters. The first-order valence-electron chi connectivity index (χ1n) is 5.85. The highest BCUT2D eigenvalue weighted by atomic mass is 16.2. The van der Waals surface area contributed by atoms with Gasteiger partial charge < -0.3 is 10.2 Å². The molecule has 1 aliphatic rings. The van der Waals surface area contributed by atoms with Gasteiger partial charge in [0, 0.05) is 20.6 Å². The second kappa shape index (κ2) is 5.17. The van der Waals surface area contributed by atoms with Crippen LogP contribution in [0.1, 0.15) is 26.2 Å². The van der Waals surface area contributed by atoms with E-state index in [1.165, 1.54) is 4.90 Å². The molecule has 0 aliphatic heterocycles. The highest BCUT2D eigenvalue weighted by molar-refractivity contribution is 5.87. The summed E-state index contributed by atoms with van der Waals surface area (Å²) in [6.45, 7) is 2.12. The average molecular weight is 237 g/mol. The van der Waals surface area contributed by atoms with Crippen molar-refractivity contribution in [1.29, 1.82) is 5.26 Å². The van der Waals surface area contributed by atoms with Gasteiger partial charge in [0.05, 0.1) is 12.0 Å². The Labute approximate surface area is 102 Å². The van der Waals surface area contributed by atoms with Crippen LogP contribution in [-0.4, -0.2) is 37.4 Å². The lowest BCUT2D eigenvalue weighted by Crippen LogP contribution is -2.47. The molecular formula is C12H19N3O2. The second-order valence-electron chi connectivity index (χ2n) is 4.75. The number of carbonyl (C=O) groups is 2. The third-order valence-corrected chi connectivity index (χ3v) is 3.42. The Bertz CT molecular complexity index is 355. The minimum absolute atomic E-state index is 0.0933. The first-order valence-corrected chi connectivity index (χ1v) is 5.85. The van der Waals surface area contributed by atoms with E-state index in [1.54, 1.807) is 21.0 Å². The highest BCUT2D eigenvalue weighted by Gasteiger charge is 2.46. The van der Waals surface area contributed by atoms with Gasteiger partial charge in [-0.2, -0.15) is 5.26 Å². The summed E-state index contributed by atoms with van der Waals surface area (Å²) in [6.07, 6.45) is 2.21. The number of amides is 2. The number of hydrogen-bond acceptors (Lipinski definition) is 3. The summed E-state index contributed by atoms with van der Waals surface area (Å²) < 4.78 is 0. The van der Waals surface area contributed by atoms with Gasteiger partial charge >= 0.3 is 0 Å². The third-order valence-electron chi connectivity index (χ3n) is 3.42. The van der Waals surface area contributed by atoms with E-state index in [-0.39, 0.29) is 17.7 Å². The van der Waals surface area contributed by atoms with Gasteiger partial charge in [0.25, 0.3) is 0 Å². The number of nitrogens with one attached hydrogen (secondary N) is 1. The van der Waals surface area contributed by atoms with E-state index in [9.17, 15) is 9.59 Å². The van der Waals surface area contributed by atoms with Gasteiger partial charge in [0.15, 0.2) is 0 Å². The van der Waals surface area contributed by atoms with Crippen molar-refractivity contribution in [2.45, 2.75) is 26.2 Å². The van der Waals surface area contributed by atoms with Crippen molar-refractivity contribution in [2.24, 2.45) is 11.3 Å². The summed E-state index contributed by atoms with van der Waals surface area (Å²) in [5.41, 5.74) is -0.822. The zero-order valence-electron chi connectivity index (χ0n) is 10.6. The molecule has 0 spiro atoms. The van der Waals surface area contributed by atoms with E-state index >= 15 is 0 Å². The molecule has 5 heteroatoms. The molecule has 2 amide bonds. The van der Waals surface area contributed by atoms with E-state index in [2.05, 4.69) is 11.4 Å². The molecule has 1 rings (SSSR count). The average Bonchev–Trinajstić information content (AvgIpc) is 2.26. The van der Waals surface area contributed by atoms with Crippen LogP contribution in [0.2, 0.25) is 0 Å². The molecule has 1 aliphatic carbocycles. The molecule has 0 aromatic rings. The molecular weight excluding hydrogens is 218 g/mol. The highest BCUT2D eigenvalue weighted by Crippen LogP contribution is 2.41. The smallest absolute Gasteiger partial charge is 0.242 e. The molecule has 1 N–H and O–H groups in total. The van der Waals surface area contributed by atoms with Crippen molar-refractivity contribution >= 4 is 11.8 Å². The van der Waals surface area contributed by atoms with Gasteiger partial charge in [0.1, 0.15) is 5.41 Å². The van der Waals surface area contributed by atoms with Gasteiger partial charge in [-0.3, -0.25) is 9.59 Å². The Balaban J connectivity index is 2.59. The van der Waals surface area contributed by atoms with E-state index in [0.717, 1.165) is 6.42 Å². The molecule has 0 aromatic heterocycles. The van der Waals surface area contributed by atoms with E-state index in [0.29, 0.717) is 19.4 Å². The lowest BCUT2D eigenvalue weighted by molar-refractivity contribution is -0.142. The van der Waals surface area contributed by atoms with Crippen molar-refractivity contribution in [1.82, 2.24) is 10.2 Å². The Morgan fingerprint density at radius 1 is 1.53 bits per heavy atom. The quantitative estimate of drug-likeness (QED) is 0.774. The summed E-state index contributed by atoms with van der Waals surface area (Å²) in [4.78, 5) is 25.0. The van der Waals surface area contributed by atoms with Crippen molar-refractivity contribution in [3.05, 3.63) is 0 Å². The van der Waals surface area contributed by atoms with Crippen LogP contribution >= 0.6 is 0 Å². The minimum atomic E-state index is -0.822. The van der Waals surface area contributed by atoms with E-state index in [4.69, 9.17) is 5.26 Å². The molecule has 17 heavy (non-hydrogen) atoms. The number of carbonyl (C=O) groups excluding carboxylic acids is 2.